The molecule has 0 fully saturated rings. The van der Waals surface area contributed by atoms with Crippen molar-refractivity contribution in [2.24, 2.45) is 0 Å². The highest BCUT2D eigenvalue weighted by molar-refractivity contribution is 6.29. The molecular weight excluding hydrogens is 326 g/mol. The van der Waals surface area contributed by atoms with Crippen molar-refractivity contribution in [1.82, 2.24) is 15.2 Å². The van der Waals surface area contributed by atoms with Crippen LogP contribution in [0.3, 0.4) is 0 Å². The lowest BCUT2D eigenvalue weighted by Crippen LogP contribution is -2.42. The van der Waals surface area contributed by atoms with Gasteiger partial charge < -0.3 is 10.4 Å². The minimum absolute atomic E-state index is 0.205. The van der Waals surface area contributed by atoms with Crippen LogP contribution in [-0.4, -0.2) is 46.6 Å². The minimum atomic E-state index is -0.614. The summed E-state index contributed by atoms with van der Waals surface area (Å²) in [5.74, 6) is -0.262. The van der Waals surface area contributed by atoms with Gasteiger partial charge in [-0.2, -0.15) is 0 Å². The fourth-order valence-corrected chi connectivity index (χ4v) is 3.10. The third-order valence-electron chi connectivity index (χ3n) is 4.17. The van der Waals surface area contributed by atoms with Crippen LogP contribution >= 0.6 is 11.6 Å². The van der Waals surface area contributed by atoms with Crippen LogP contribution in [0, 0.1) is 0 Å². The number of nitrogens with one attached hydrogen (secondary N) is 1. The Balaban J connectivity index is 1.48. The second-order valence-corrected chi connectivity index (χ2v) is 6.37. The number of aliphatic hydroxyl groups is 1. The number of benzene rings is 1. The maximum absolute atomic E-state index is 12.0. The summed E-state index contributed by atoms with van der Waals surface area (Å²) in [6, 6.07) is 11.5. The number of nitrogens with zero attached hydrogens (tertiary/aromatic N) is 2. The van der Waals surface area contributed by atoms with Crippen molar-refractivity contribution in [3.05, 3.63) is 64.4 Å². The molecule has 1 aliphatic heterocycles. The molecule has 0 saturated heterocycles. The summed E-state index contributed by atoms with van der Waals surface area (Å²) in [7, 11) is 0. The number of aliphatic hydroxyl groups excluding tert-OH is 1. The van der Waals surface area contributed by atoms with Crippen molar-refractivity contribution < 1.29 is 9.90 Å². The smallest absolute Gasteiger partial charge is 0.251 e. The van der Waals surface area contributed by atoms with Gasteiger partial charge in [0.1, 0.15) is 5.15 Å². The second-order valence-electron chi connectivity index (χ2n) is 5.98. The van der Waals surface area contributed by atoms with Crippen molar-refractivity contribution >= 4 is 17.5 Å². The van der Waals surface area contributed by atoms with Crippen LogP contribution in [-0.2, 0) is 13.0 Å². The molecular formula is C18H20ClN3O2. The fourth-order valence-electron chi connectivity index (χ4n) is 2.93. The van der Waals surface area contributed by atoms with Gasteiger partial charge in [-0.15, -0.1) is 0 Å². The Hall–Kier alpha value is -1.95. The molecule has 1 atom stereocenters. The number of carbonyl (C=O) groups is 1. The molecule has 126 valence electrons. The first-order valence-corrected chi connectivity index (χ1v) is 8.36. The maximum Gasteiger partial charge on any atom is 0.251 e. The van der Waals surface area contributed by atoms with Gasteiger partial charge in [0.25, 0.3) is 5.91 Å². The van der Waals surface area contributed by atoms with Gasteiger partial charge in [0, 0.05) is 37.9 Å². The van der Waals surface area contributed by atoms with Gasteiger partial charge in [0.05, 0.1) is 6.10 Å². The molecule has 0 radical (unpaired) electrons. The number of hydrogen-bond donors (Lipinski definition) is 2. The fraction of sp³-hybridized carbons (Fsp3) is 0.333. The maximum atomic E-state index is 12.0. The Kier molecular flexibility index (Phi) is 5.45. The van der Waals surface area contributed by atoms with Crippen molar-refractivity contribution in [2.75, 3.05) is 19.6 Å². The number of pyridine rings is 1. The standard InChI is InChI=1S/C18H20ClN3O2/c19-17-9-14(5-7-20-17)18(24)21-10-16(23)12-22-8-6-13-3-1-2-4-15(13)11-22/h1-5,7,9,16,23H,6,8,10-12H2,(H,21,24)/t16-/m1/s1. The van der Waals surface area contributed by atoms with E-state index in [9.17, 15) is 9.90 Å². The summed E-state index contributed by atoms with van der Waals surface area (Å²) >= 11 is 5.77. The molecule has 0 unspecified atom stereocenters. The average Bonchev–Trinajstić information content (AvgIpc) is 2.59. The summed E-state index contributed by atoms with van der Waals surface area (Å²) in [5, 5.41) is 13.2. The van der Waals surface area contributed by atoms with E-state index in [2.05, 4.69) is 33.4 Å². The normalized spacial score (nSPS) is 15.6. The van der Waals surface area contributed by atoms with Crippen LogP contribution in [0.25, 0.3) is 0 Å². The lowest BCUT2D eigenvalue weighted by atomic mass is 10.00. The van der Waals surface area contributed by atoms with Crippen molar-refractivity contribution in [3.8, 4) is 0 Å². The zero-order valence-electron chi connectivity index (χ0n) is 13.3. The summed E-state index contributed by atoms with van der Waals surface area (Å²) in [4.78, 5) is 18.1. The van der Waals surface area contributed by atoms with Crippen molar-refractivity contribution in [3.63, 3.8) is 0 Å². The van der Waals surface area contributed by atoms with Gasteiger partial charge in [0.15, 0.2) is 0 Å². The molecule has 0 spiro atoms. The van der Waals surface area contributed by atoms with Gasteiger partial charge in [-0.1, -0.05) is 35.9 Å². The molecule has 6 heteroatoms. The van der Waals surface area contributed by atoms with E-state index in [4.69, 9.17) is 11.6 Å². The third-order valence-corrected chi connectivity index (χ3v) is 4.37. The number of rotatable bonds is 5. The molecule has 0 bridgehead atoms. The first-order chi connectivity index (χ1) is 11.6. The number of carbonyl (C=O) groups excluding carboxylic acids is 1. The molecule has 5 nitrogen and oxygen atoms in total. The topological polar surface area (TPSA) is 65.5 Å². The van der Waals surface area contributed by atoms with Gasteiger partial charge >= 0.3 is 0 Å². The van der Waals surface area contributed by atoms with Crippen LogP contribution in [0.2, 0.25) is 5.15 Å². The lowest BCUT2D eigenvalue weighted by Gasteiger charge is -2.30. The Morgan fingerprint density at radius 2 is 2.12 bits per heavy atom. The summed E-state index contributed by atoms with van der Waals surface area (Å²) in [5.41, 5.74) is 3.13. The molecule has 1 aliphatic rings. The Bertz CT molecular complexity index is 723. The van der Waals surface area contributed by atoms with Crippen LogP contribution in [0.15, 0.2) is 42.6 Å². The molecule has 0 saturated carbocycles. The van der Waals surface area contributed by atoms with E-state index in [1.807, 2.05) is 6.07 Å². The van der Waals surface area contributed by atoms with Gasteiger partial charge in [-0.25, -0.2) is 4.98 Å². The van der Waals surface area contributed by atoms with E-state index in [1.54, 1.807) is 6.07 Å². The molecule has 1 aromatic carbocycles. The molecule has 2 heterocycles. The number of aromatic nitrogens is 1. The summed E-state index contributed by atoms with van der Waals surface area (Å²) in [6.07, 6.45) is 1.86. The van der Waals surface area contributed by atoms with E-state index in [-0.39, 0.29) is 17.6 Å². The molecule has 2 N–H and O–H groups in total. The zero-order valence-corrected chi connectivity index (χ0v) is 14.0. The first kappa shape index (κ1) is 16.9. The molecule has 24 heavy (non-hydrogen) atoms. The second kappa shape index (κ2) is 7.75. The van der Waals surface area contributed by atoms with E-state index in [0.29, 0.717) is 12.1 Å². The van der Waals surface area contributed by atoms with E-state index >= 15 is 0 Å². The highest BCUT2D eigenvalue weighted by Crippen LogP contribution is 2.18. The lowest BCUT2D eigenvalue weighted by molar-refractivity contribution is 0.0842. The van der Waals surface area contributed by atoms with Crippen molar-refractivity contribution in [1.29, 1.82) is 0 Å². The number of hydrogen-bond acceptors (Lipinski definition) is 4. The van der Waals surface area contributed by atoms with E-state index in [1.165, 1.54) is 23.4 Å². The minimum Gasteiger partial charge on any atom is -0.390 e. The van der Waals surface area contributed by atoms with Crippen LogP contribution in [0.4, 0.5) is 0 Å². The Morgan fingerprint density at radius 3 is 2.92 bits per heavy atom. The number of β-amino-alcohol motifs (C(OH)–C–C–N with tert-alkyl or cyclic N) is 1. The number of amides is 1. The molecule has 3 rings (SSSR count). The van der Waals surface area contributed by atoms with Gasteiger partial charge in [-0.3, -0.25) is 9.69 Å². The van der Waals surface area contributed by atoms with Gasteiger partial charge in [-0.05, 0) is 29.7 Å². The van der Waals surface area contributed by atoms with Crippen LogP contribution < -0.4 is 5.32 Å². The highest BCUT2D eigenvalue weighted by Gasteiger charge is 2.18. The largest absolute Gasteiger partial charge is 0.390 e. The van der Waals surface area contributed by atoms with Crippen molar-refractivity contribution in [2.45, 2.75) is 19.1 Å². The molecule has 1 aromatic heterocycles. The average molecular weight is 346 g/mol. The van der Waals surface area contributed by atoms with Crippen LogP contribution in [0.5, 0.6) is 0 Å². The molecule has 1 amide bonds. The monoisotopic (exact) mass is 345 g/mol. The van der Waals surface area contributed by atoms with E-state index < -0.39 is 6.10 Å². The van der Waals surface area contributed by atoms with Gasteiger partial charge in [0.2, 0.25) is 0 Å². The summed E-state index contributed by atoms with van der Waals surface area (Å²) in [6.45, 7) is 2.49. The zero-order chi connectivity index (χ0) is 16.9. The summed E-state index contributed by atoms with van der Waals surface area (Å²) < 4.78 is 0. The SMILES string of the molecule is O=C(NC[C@@H](O)CN1CCc2ccccc2C1)c1ccnc(Cl)c1. The highest BCUT2D eigenvalue weighted by atomic mass is 35.5. The predicted molar refractivity (Wildman–Crippen MR) is 93.0 cm³/mol. The molecule has 2 aromatic rings. The van der Waals surface area contributed by atoms with E-state index in [0.717, 1.165) is 19.5 Å². The quantitative estimate of drug-likeness (QED) is 0.812. The van der Waals surface area contributed by atoms with Crippen LogP contribution in [0.1, 0.15) is 21.5 Å². The molecule has 0 aliphatic carbocycles. The number of fused-ring (bicyclic) bond motifs is 1. The Morgan fingerprint density at radius 1 is 1.33 bits per heavy atom. The number of halogens is 1. The first-order valence-electron chi connectivity index (χ1n) is 7.99. The third kappa shape index (κ3) is 4.32. The Labute approximate surface area is 146 Å². The predicted octanol–water partition coefficient (Wildman–Crippen LogP) is 1.88.